The maximum Gasteiger partial charge on any atom is 0.0795 e. The van der Waals surface area contributed by atoms with E-state index in [1.807, 2.05) is 5.51 Å². The third-order valence-corrected chi connectivity index (χ3v) is 3.69. The Morgan fingerprint density at radius 1 is 1.40 bits per heavy atom. The van der Waals surface area contributed by atoms with E-state index in [1.165, 1.54) is 5.56 Å². The Morgan fingerprint density at radius 2 is 2.33 bits per heavy atom. The maximum absolute atomic E-state index is 4.23. The summed E-state index contributed by atoms with van der Waals surface area (Å²) in [5.41, 5.74) is 4.43. The first-order valence-corrected chi connectivity index (χ1v) is 6.84. The molecule has 1 unspecified atom stereocenters. The van der Waals surface area contributed by atoms with E-state index in [4.69, 9.17) is 0 Å². The summed E-state index contributed by atoms with van der Waals surface area (Å²) in [4.78, 5) is 4.23. The molecule has 0 saturated heterocycles. The molecule has 2 aromatic heterocycles. The summed E-state index contributed by atoms with van der Waals surface area (Å²) in [5.74, 6) is 0.579. The summed E-state index contributed by atoms with van der Waals surface area (Å²) in [7, 11) is 0. The number of aromatic nitrogens is 1. The molecule has 80 valence electrons. The van der Waals surface area contributed by atoms with Crippen LogP contribution >= 0.6 is 22.7 Å². The second-order valence-electron chi connectivity index (χ2n) is 3.57. The van der Waals surface area contributed by atoms with Gasteiger partial charge in [-0.1, -0.05) is 6.92 Å². The minimum Gasteiger partial charge on any atom is -0.311 e. The minimum atomic E-state index is 0.579. The first-order valence-electron chi connectivity index (χ1n) is 4.96. The highest BCUT2D eigenvalue weighted by atomic mass is 32.1. The number of nitrogens with one attached hydrogen (secondary N) is 1. The zero-order valence-corrected chi connectivity index (χ0v) is 10.3. The first kappa shape index (κ1) is 10.8. The van der Waals surface area contributed by atoms with Crippen LogP contribution in [0.5, 0.6) is 0 Å². The molecule has 1 N–H and O–H groups in total. The van der Waals surface area contributed by atoms with E-state index >= 15 is 0 Å². The van der Waals surface area contributed by atoms with Crippen LogP contribution in [0.1, 0.15) is 24.1 Å². The van der Waals surface area contributed by atoms with Gasteiger partial charge < -0.3 is 5.32 Å². The number of hydrogen-bond donors (Lipinski definition) is 1. The van der Waals surface area contributed by atoms with Crippen molar-refractivity contribution >= 4 is 22.7 Å². The van der Waals surface area contributed by atoms with Gasteiger partial charge in [-0.15, -0.1) is 11.3 Å². The zero-order valence-electron chi connectivity index (χ0n) is 8.64. The third-order valence-electron chi connectivity index (χ3n) is 2.35. The first-order chi connectivity index (χ1) is 7.36. The summed E-state index contributed by atoms with van der Waals surface area (Å²) in [6.45, 7) is 4.13. The molecule has 4 heteroatoms. The van der Waals surface area contributed by atoms with Crippen molar-refractivity contribution in [1.29, 1.82) is 0 Å². The molecule has 0 aliphatic heterocycles. The summed E-state index contributed by atoms with van der Waals surface area (Å²) < 4.78 is 0. The Balaban J connectivity index is 1.74. The lowest BCUT2D eigenvalue weighted by Crippen LogP contribution is -2.19. The van der Waals surface area contributed by atoms with Crippen molar-refractivity contribution < 1.29 is 0 Å². The van der Waals surface area contributed by atoms with Crippen LogP contribution in [0.15, 0.2) is 27.7 Å². The van der Waals surface area contributed by atoms with Crippen LogP contribution in [0.3, 0.4) is 0 Å². The highest BCUT2D eigenvalue weighted by Gasteiger charge is 2.05. The highest BCUT2D eigenvalue weighted by molar-refractivity contribution is 7.08. The van der Waals surface area contributed by atoms with Gasteiger partial charge in [0.2, 0.25) is 0 Å². The van der Waals surface area contributed by atoms with Gasteiger partial charge in [-0.05, 0) is 28.3 Å². The second kappa shape index (κ2) is 5.39. The van der Waals surface area contributed by atoms with Crippen molar-refractivity contribution in [2.24, 2.45) is 0 Å². The molecule has 2 nitrogen and oxygen atoms in total. The van der Waals surface area contributed by atoms with E-state index in [-0.39, 0.29) is 0 Å². The maximum atomic E-state index is 4.23. The lowest BCUT2D eigenvalue weighted by Gasteiger charge is -2.10. The Labute approximate surface area is 98.0 Å². The topological polar surface area (TPSA) is 24.9 Å². The average Bonchev–Trinajstić information content (AvgIpc) is 2.90. The molecule has 0 aliphatic carbocycles. The fourth-order valence-electron chi connectivity index (χ4n) is 1.41. The van der Waals surface area contributed by atoms with Crippen LogP contribution in [0.25, 0.3) is 0 Å². The van der Waals surface area contributed by atoms with Crippen LogP contribution in [-0.4, -0.2) is 11.5 Å². The smallest absolute Gasteiger partial charge is 0.0795 e. The molecule has 0 bridgehead atoms. The van der Waals surface area contributed by atoms with Gasteiger partial charge in [0.25, 0.3) is 0 Å². The number of nitrogens with zero attached hydrogens (tertiary/aromatic N) is 1. The summed E-state index contributed by atoms with van der Waals surface area (Å²) in [6, 6.07) is 2.19. The molecule has 2 heterocycles. The average molecular weight is 238 g/mol. The summed E-state index contributed by atoms with van der Waals surface area (Å²) in [6.07, 6.45) is 0. The normalized spacial score (nSPS) is 12.9. The molecule has 0 amide bonds. The van der Waals surface area contributed by atoms with Gasteiger partial charge in [-0.3, -0.25) is 0 Å². The number of thiazole rings is 1. The van der Waals surface area contributed by atoms with Gasteiger partial charge in [-0.2, -0.15) is 11.3 Å². The summed E-state index contributed by atoms with van der Waals surface area (Å²) in [5, 5.41) is 9.86. The minimum absolute atomic E-state index is 0.579. The largest absolute Gasteiger partial charge is 0.311 e. The number of thiophene rings is 1. The quantitative estimate of drug-likeness (QED) is 0.866. The lowest BCUT2D eigenvalue weighted by atomic mass is 10.1. The predicted octanol–water partition coefficient (Wildman–Crippen LogP) is 3.10. The predicted molar refractivity (Wildman–Crippen MR) is 66.6 cm³/mol. The van der Waals surface area contributed by atoms with Gasteiger partial charge in [0.15, 0.2) is 0 Å². The Morgan fingerprint density at radius 3 is 3.00 bits per heavy atom. The van der Waals surface area contributed by atoms with Gasteiger partial charge in [-0.25, -0.2) is 4.98 Å². The van der Waals surface area contributed by atoms with E-state index in [0.29, 0.717) is 5.92 Å². The molecule has 0 saturated carbocycles. The van der Waals surface area contributed by atoms with Crippen molar-refractivity contribution in [2.45, 2.75) is 19.4 Å². The molecule has 0 aromatic carbocycles. The summed E-state index contributed by atoms with van der Waals surface area (Å²) >= 11 is 3.41. The zero-order chi connectivity index (χ0) is 10.5. The molecule has 1 atom stereocenters. The molecular weight excluding hydrogens is 224 g/mol. The van der Waals surface area contributed by atoms with E-state index in [9.17, 15) is 0 Å². The molecular formula is C11H14N2S2. The second-order valence-corrected chi connectivity index (χ2v) is 5.07. The molecule has 0 fully saturated rings. The molecule has 15 heavy (non-hydrogen) atoms. The van der Waals surface area contributed by atoms with Gasteiger partial charge >= 0.3 is 0 Å². The monoisotopic (exact) mass is 238 g/mol. The van der Waals surface area contributed by atoms with Crippen LogP contribution in [0.2, 0.25) is 0 Å². The van der Waals surface area contributed by atoms with Crippen molar-refractivity contribution in [1.82, 2.24) is 10.3 Å². The SMILES string of the molecule is CC(CNCc1cscn1)c1ccsc1. The van der Waals surface area contributed by atoms with Crippen LogP contribution < -0.4 is 5.32 Å². The van der Waals surface area contributed by atoms with Gasteiger partial charge in [0, 0.05) is 18.5 Å². The van der Waals surface area contributed by atoms with E-state index in [1.54, 1.807) is 22.7 Å². The highest BCUT2D eigenvalue weighted by Crippen LogP contribution is 2.17. The molecule has 2 rings (SSSR count). The van der Waals surface area contributed by atoms with E-state index < -0.39 is 0 Å². The molecule has 2 aromatic rings. The van der Waals surface area contributed by atoms with Crippen LogP contribution in [-0.2, 0) is 6.54 Å². The molecule has 0 aliphatic rings. The van der Waals surface area contributed by atoms with Crippen molar-refractivity contribution in [3.63, 3.8) is 0 Å². The van der Waals surface area contributed by atoms with Gasteiger partial charge in [0.1, 0.15) is 0 Å². The number of hydrogen-bond acceptors (Lipinski definition) is 4. The fraction of sp³-hybridized carbons (Fsp3) is 0.364. The van der Waals surface area contributed by atoms with Crippen molar-refractivity contribution in [2.75, 3.05) is 6.54 Å². The van der Waals surface area contributed by atoms with E-state index in [0.717, 1.165) is 18.8 Å². The lowest BCUT2D eigenvalue weighted by molar-refractivity contribution is 0.611. The van der Waals surface area contributed by atoms with Gasteiger partial charge in [0.05, 0.1) is 11.2 Å². The number of rotatable bonds is 5. The van der Waals surface area contributed by atoms with E-state index in [2.05, 4.69) is 39.4 Å². The Bertz CT molecular complexity index is 367. The third kappa shape index (κ3) is 3.12. The molecule has 0 radical (unpaired) electrons. The fourth-order valence-corrected chi connectivity index (χ4v) is 2.76. The Kier molecular flexibility index (Phi) is 3.88. The van der Waals surface area contributed by atoms with Crippen molar-refractivity contribution in [3.05, 3.63) is 39.0 Å². The van der Waals surface area contributed by atoms with Crippen LogP contribution in [0, 0.1) is 0 Å². The standard InChI is InChI=1S/C11H14N2S2/c1-9(10-2-3-14-6-10)4-12-5-11-7-15-8-13-11/h2-3,6-9,12H,4-5H2,1H3. The van der Waals surface area contributed by atoms with Crippen LogP contribution in [0.4, 0.5) is 0 Å². The Hall–Kier alpha value is -0.710. The molecule has 0 spiro atoms. The van der Waals surface area contributed by atoms with Crippen molar-refractivity contribution in [3.8, 4) is 0 Å².